The van der Waals surface area contributed by atoms with E-state index in [1.165, 1.54) is 23.7 Å². The summed E-state index contributed by atoms with van der Waals surface area (Å²) >= 11 is 0. The normalized spacial score (nSPS) is 15.5. The molecule has 0 unspecified atom stereocenters. The standard InChI is InChI=1S/C10H10N4O/c15-10(14-4-3-11-6-14)9-5-8(12-13-9)7-1-2-7/h3-7H,1-2H2,(H,12,13). The number of aromatic amines is 1. The van der Waals surface area contributed by atoms with E-state index in [1.807, 2.05) is 6.07 Å². The summed E-state index contributed by atoms with van der Waals surface area (Å²) in [6.45, 7) is 0. The lowest BCUT2D eigenvalue weighted by atomic mass is 10.2. The third kappa shape index (κ3) is 1.45. The number of carbonyl (C=O) groups is 1. The van der Waals surface area contributed by atoms with E-state index in [1.54, 1.807) is 12.4 Å². The van der Waals surface area contributed by atoms with Gasteiger partial charge in [-0.3, -0.25) is 14.5 Å². The van der Waals surface area contributed by atoms with Crippen LogP contribution in [0, 0.1) is 0 Å². The Bertz CT molecular complexity index is 481. The smallest absolute Gasteiger partial charge is 0.281 e. The highest BCUT2D eigenvalue weighted by atomic mass is 16.2. The SMILES string of the molecule is O=C(c1cc(C2CC2)[nH]n1)n1ccnc1. The van der Waals surface area contributed by atoms with E-state index in [9.17, 15) is 4.79 Å². The van der Waals surface area contributed by atoms with Crippen LogP contribution in [0.1, 0.15) is 34.9 Å². The maximum atomic E-state index is 11.8. The topological polar surface area (TPSA) is 63.6 Å². The minimum atomic E-state index is -0.143. The van der Waals surface area contributed by atoms with Gasteiger partial charge >= 0.3 is 0 Å². The van der Waals surface area contributed by atoms with Gasteiger partial charge in [-0.25, -0.2) is 4.98 Å². The Kier molecular flexibility index (Phi) is 1.71. The predicted octanol–water partition coefficient (Wildman–Crippen LogP) is 1.17. The van der Waals surface area contributed by atoms with Crippen LogP contribution in [0.2, 0.25) is 0 Å². The van der Waals surface area contributed by atoms with Gasteiger partial charge in [0.2, 0.25) is 0 Å². The van der Waals surface area contributed by atoms with Gasteiger partial charge in [-0.05, 0) is 18.9 Å². The van der Waals surface area contributed by atoms with Crippen molar-refractivity contribution in [2.45, 2.75) is 18.8 Å². The zero-order valence-corrected chi connectivity index (χ0v) is 8.05. The Morgan fingerprint density at radius 3 is 3.07 bits per heavy atom. The quantitative estimate of drug-likeness (QED) is 0.795. The van der Waals surface area contributed by atoms with E-state index in [-0.39, 0.29) is 5.91 Å². The Morgan fingerprint density at radius 1 is 1.53 bits per heavy atom. The fourth-order valence-corrected chi connectivity index (χ4v) is 1.56. The summed E-state index contributed by atoms with van der Waals surface area (Å²) in [6, 6.07) is 1.83. The highest BCUT2D eigenvalue weighted by Gasteiger charge is 2.26. The minimum Gasteiger partial charge on any atom is -0.281 e. The van der Waals surface area contributed by atoms with Gasteiger partial charge in [-0.1, -0.05) is 0 Å². The second-order valence-corrected chi connectivity index (χ2v) is 3.76. The first-order valence-corrected chi connectivity index (χ1v) is 4.92. The number of nitrogens with one attached hydrogen (secondary N) is 1. The molecule has 5 nitrogen and oxygen atoms in total. The zero-order valence-electron chi connectivity index (χ0n) is 8.05. The zero-order chi connectivity index (χ0) is 10.3. The molecular formula is C10H10N4O. The van der Waals surface area contributed by atoms with Gasteiger partial charge in [-0.2, -0.15) is 5.10 Å². The van der Waals surface area contributed by atoms with Gasteiger partial charge in [0.05, 0.1) is 0 Å². The average Bonchev–Trinajstić information content (AvgIpc) is 2.83. The lowest BCUT2D eigenvalue weighted by Crippen LogP contribution is -2.09. The van der Waals surface area contributed by atoms with Crippen LogP contribution < -0.4 is 0 Å². The number of carbonyl (C=O) groups excluding carboxylic acids is 1. The Labute approximate surface area is 86.1 Å². The number of nitrogens with zero attached hydrogens (tertiary/aromatic N) is 3. The molecule has 1 aliphatic carbocycles. The second-order valence-electron chi connectivity index (χ2n) is 3.76. The van der Waals surface area contributed by atoms with Crippen LogP contribution >= 0.6 is 0 Å². The third-order valence-corrected chi connectivity index (χ3v) is 2.57. The number of H-pyrrole nitrogens is 1. The van der Waals surface area contributed by atoms with E-state index in [4.69, 9.17) is 0 Å². The van der Waals surface area contributed by atoms with Crippen LogP contribution in [0.5, 0.6) is 0 Å². The first-order valence-electron chi connectivity index (χ1n) is 4.92. The Hall–Kier alpha value is -1.91. The molecule has 0 aliphatic heterocycles. The van der Waals surface area contributed by atoms with Crippen LogP contribution in [0.3, 0.4) is 0 Å². The maximum Gasteiger partial charge on any atom is 0.283 e. The molecule has 1 N–H and O–H groups in total. The summed E-state index contributed by atoms with van der Waals surface area (Å²) < 4.78 is 1.42. The molecule has 76 valence electrons. The highest BCUT2D eigenvalue weighted by Crippen LogP contribution is 2.38. The van der Waals surface area contributed by atoms with Crippen molar-refractivity contribution in [3.63, 3.8) is 0 Å². The maximum absolute atomic E-state index is 11.8. The van der Waals surface area contributed by atoms with Gasteiger partial charge in [0.15, 0.2) is 5.69 Å². The monoisotopic (exact) mass is 202 g/mol. The van der Waals surface area contributed by atoms with Crippen molar-refractivity contribution in [3.8, 4) is 0 Å². The van der Waals surface area contributed by atoms with Crippen LogP contribution in [-0.2, 0) is 0 Å². The van der Waals surface area contributed by atoms with Crippen molar-refractivity contribution < 1.29 is 4.79 Å². The summed E-state index contributed by atoms with van der Waals surface area (Å²) in [5.74, 6) is 0.442. The fourth-order valence-electron chi connectivity index (χ4n) is 1.56. The number of rotatable bonds is 2. The molecule has 0 bridgehead atoms. The van der Waals surface area contributed by atoms with Crippen LogP contribution in [0.25, 0.3) is 0 Å². The van der Waals surface area contributed by atoms with Crippen molar-refractivity contribution >= 4 is 5.91 Å². The van der Waals surface area contributed by atoms with Gasteiger partial charge in [0, 0.05) is 24.0 Å². The molecule has 0 radical (unpaired) electrons. The third-order valence-electron chi connectivity index (χ3n) is 2.57. The van der Waals surface area contributed by atoms with Crippen molar-refractivity contribution in [1.29, 1.82) is 0 Å². The number of aromatic nitrogens is 4. The lowest BCUT2D eigenvalue weighted by Gasteiger charge is -1.94. The highest BCUT2D eigenvalue weighted by molar-refractivity contribution is 5.94. The van der Waals surface area contributed by atoms with E-state index < -0.39 is 0 Å². The predicted molar refractivity (Wildman–Crippen MR) is 52.5 cm³/mol. The largest absolute Gasteiger partial charge is 0.283 e. The van der Waals surface area contributed by atoms with Crippen molar-refractivity contribution in [1.82, 2.24) is 19.7 Å². The number of hydrogen-bond acceptors (Lipinski definition) is 3. The Morgan fingerprint density at radius 2 is 2.40 bits per heavy atom. The molecule has 2 heterocycles. The molecule has 1 saturated carbocycles. The van der Waals surface area contributed by atoms with Crippen LogP contribution in [0.15, 0.2) is 24.8 Å². The summed E-state index contributed by atoms with van der Waals surface area (Å²) in [4.78, 5) is 15.6. The minimum absolute atomic E-state index is 0.143. The van der Waals surface area contributed by atoms with E-state index in [0.717, 1.165) is 5.69 Å². The molecule has 0 amide bonds. The number of hydrogen-bond donors (Lipinski definition) is 1. The molecule has 2 aromatic heterocycles. The van der Waals surface area contributed by atoms with Gasteiger partial charge < -0.3 is 0 Å². The van der Waals surface area contributed by atoms with Gasteiger partial charge in [0.25, 0.3) is 5.91 Å². The van der Waals surface area contributed by atoms with Gasteiger partial charge in [-0.15, -0.1) is 0 Å². The van der Waals surface area contributed by atoms with Crippen molar-refractivity contribution in [2.24, 2.45) is 0 Å². The summed E-state index contributed by atoms with van der Waals surface area (Å²) in [5, 5.41) is 6.92. The molecule has 15 heavy (non-hydrogen) atoms. The van der Waals surface area contributed by atoms with E-state index >= 15 is 0 Å². The molecule has 0 saturated heterocycles. The molecule has 0 aromatic carbocycles. The summed E-state index contributed by atoms with van der Waals surface area (Å²) in [7, 11) is 0. The molecule has 5 heteroatoms. The fraction of sp³-hybridized carbons (Fsp3) is 0.300. The lowest BCUT2D eigenvalue weighted by molar-refractivity contribution is 0.0955. The average molecular weight is 202 g/mol. The number of imidazole rings is 1. The van der Waals surface area contributed by atoms with Crippen LogP contribution in [-0.4, -0.2) is 25.7 Å². The first kappa shape index (κ1) is 8.40. The van der Waals surface area contributed by atoms with E-state index in [0.29, 0.717) is 11.6 Å². The van der Waals surface area contributed by atoms with Gasteiger partial charge in [0.1, 0.15) is 6.33 Å². The van der Waals surface area contributed by atoms with Crippen molar-refractivity contribution in [2.75, 3.05) is 0 Å². The molecule has 3 rings (SSSR count). The van der Waals surface area contributed by atoms with Crippen LogP contribution in [0.4, 0.5) is 0 Å². The molecule has 2 aromatic rings. The molecule has 0 spiro atoms. The van der Waals surface area contributed by atoms with E-state index in [2.05, 4.69) is 15.2 Å². The molecule has 1 fully saturated rings. The summed E-state index contributed by atoms with van der Waals surface area (Å²) in [5.41, 5.74) is 1.52. The first-order chi connectivity index (χ1) is 7.34. The second kappa shape index (κ2) is 3.05. The summed E-state index contributed by atoms with van der Waals surface area (Å²) in [6.07, 6.45) is 7.07. The molecule has 0 atom stereocenters. The molecular weight excluding hydrogens is 192 g/mol. The van der Waals surface area contributed by atoms with Crippen molar-refractivity contribution in [3.05, 3.63) is 36.2 Å². The molecule has 1 aliphatic rings. The Balaban J connectivity index is 1.89.